The van der Waals surface area contributed by atoms with Gasteiger partial charge in [0.05, 0.1) is 6.61 Å². The number of carbonyl (C=O) groups excluding carboxylic acids is 1. The predicted octanol–water partition coefficient (Wildman–Crippen LogP) is 5.76. The van der Waals surface area contributed by atoms with Gasteiger partial charge in [0.2, 0.25) is 0 Å². The Balaban J connectivity index is 1.96. The molecule has 3 rings (SSSR count). The number of hydrogen-bond donors (Lipinski definition) is 0. The first kappa shape index (κ1) is 17.0. The molecule has 3 nitrogen and oxygen atoms in total. The third-order valence-corrected chi connectivity index (χ3v) is 4.08. The third kappa shape index (κ3) is 4.00. The fourth-order valence-electron chi connectivity index (χ4n) is 2.67. The van der Waals surface area contributed by atoms with Crippen molar-refractivity contribution in [3.05, 3.63) is 65.7 Å². The van der Waals surface area contributed by atoms with E-state index in [4.69, 9.17) is 9.15 Å². The lowest BCUT2D eigenvalue weighted by Gasteiger charge is -2.01. The quantitative estimate of drug-likeness (QED) is 0.326. The van der Waals surface area contributed by atoms with Crippen LogP contribution in [-0.2, 0) is 9.53 Å². The number of esters is 1. The molecule has 3 heteroatoms. The highest BCUT2D eigenvalue weighted by Gasteiger charge is 2.14. The van der Waals surface area contributed by atoms with Gasteiger partial charge in [-0.05, 0) is 25.5 Å². The molecule has 0 unspecified atom stereocenters. The normalized spacial score (nSPS) is 11.3. The molecule has 0 radical (unpaired) electrons. The van der Waals surface area contributed by atoms with Crippen LogP contribution in [0.5, 0.6) is 0 Å². The predicted molar refractivity (Wildman–Crippen MR) is 101 cm³/mol. The molecule has 0 fully saturated rings. The van der Waals surface area contributed by atoms with Gasteiger partial charge in [-0.1, -0.05) is 61.4 Å². The van der Waals surface area contributed by atoms with E-state index in [2.05, 4.69) is 26.0 Å². The molecule has 25 heavy (non-hydrogen) atoms. The zero-order valence-electron chi connectivity index (χ0n) is 14.6. The summed E-state index contributed by atoms with van der Waals surface area (Å²) in [7, 11) is 0. The molecule has 0 saturated heterocycles. The van der Waals surface area contributed by atoms with E-state index in [0.29, 0.717) is 6.61 Å². The summed E-state index contributed by atoms with van der Waals surface area (Å²) in [6.45, 7) is 4.57. The average Bonchev–Trinajstić information content (AvgIpc) is 2.99. The topological polar surface area (TPSA) is 39.4 Å². The van der Waals surface area contributed by atoms with Crippen molar-refractivity contribution in [2.45, 2.75) is 26.7 Å². The fraction of sp³-hybridized carbons (Fsp3) is 0.227. The molecular weight excluding hydrogens is 312 g/mol. The van der Waals surface area contributed by atoms with Crippen molar-refractivity contribution in [2.24, 2.45) is 0 Å². The average molecular weight is 334 g/mol. The summed E-state index contributed by atoms with van der Waals surface area (Å²) < 4.78 is 11.3. The highest BCUT2D eigenvalue weighted by atomic mass is 16.5. The van der Waals surface area contributed by atoms with Gasteiger partial charge in [0.25, 0.3) is 0 Å². The molecule has 0 aliphatic heterocycles. The van der Waals surface area contributed by atoms with Crippen molar-refractivity contribution in [1.29, 1.82) is 0 Å². The van der Waals surface area contributed by atoms with Crippen molar-refractivity contribution in [3.63, 3.8) is 0 Å². The number of para-hydroxylation sites is 1. The van der Waals surface area contributed by atoms with Crippen molar-refractivity contribution in [1.82, 2.24) is 0 Å². The van der Waals surface area contributed by atoms with Gasteiger partial charge in [-0.15, -0.1) is 0 Å². The van der Waals surface area contributed by atoms with Crippen LogP contribution in [0.1, 0.15) is 30.9 Å². The maximum absolute atomic E-state index is 11.9. The summed E-state index contributed by atoms with van der Waals surface area (Å²) in [6.07, 6.45) is 5.14. The number of hydrogen-bond acceptors (Lipinski definition) is 3. The Kier molecular flexibility index (Phi) is 5.34. The van der Waals surface area contributed by atoms with Crippen LogP contribution in [0.4, 0.5) is 0 Å². The van der Waals surface area contributed by atoms with Crippen LogP contribution in [0.15, 0.2) is 59.0 Å². The Hall–Kier alpha value is -2.81. The van der Waals surface area contributed by atoms with Gasteiger partial charge in [-0.3, -0.25) is 0 Å². The first-order chi connectivity index (χ1) is 12.2. The summed E-state index contributed by atoms with van der Waals surface area (Å²) in [5.41, 5.74) is 3.88. The van der Waals surface area contributed by atoms with E-state index in [1.807, 2.05) is 36.4 Å². The molecular formula is C22H22O3. The first-order valence-electron chi connectivity index (χ1n) is 8.62. The van der Waals surface area contributed by atoms with Crippen LogP contribution in [0.25, 0.3) is 28.4 Å². The van der Waals surface area contributed by atoms with Gasteiger partial charge >= 0.3 is 5.97 Å². The molecule has 0 aliphatic rings. The molecule has 0 atom stereocenters. The van der Waals surface area contributed by atoms with E-state index in [1.165, 1.54) is 11.6 Å². The van der Waals surface area contributed by atoms with Crippen molar-refractivity contribution in [3.8, 4) is 11.3 Å². The maximum atomic E-state index is 11.9. The fourth-order valence-corrected chi connectivity index (χ4v) is 2.67. The zero-order valence-corrected chi connectivity index (χ0v) is 14.6. The summed E-state index contributed by atoms with van der Waals surface area (Å²) in [5, 5.41) is 0.982. The number of rotatable bonds is 6. The van der Waals surface area contributed by atoms with Crippen LogP contribution in [0, 0.1) is 6.92 Å². The molecule has 3 aromatic rings. The van der Waals surface area contributed by atoms with E-state index in [-0.39, 0.29) is 5.97 Å². The molecule has 0 spiro atoms. The van der Waals surface area contributed by atoms with Gasteiger partial charge < -0.3 is 9.15 Å². The second kappa shape index (κ2) is 7.84. The number of unbranched alkanes of at least 4 members (excludes halogenated alkanes) is 1. The number of fused-ring (bicyclic) bond motifs is 1. The molecule has 1 aromatic heterocycles. The van der Waals surface area contributed by atoms with Crippen LogP contribution >= 0.6 is 0 Å². The number of benzene rings is 2. The van der Waals surface area contributed by atoms with Gasteiger partial charge in [0.1, 0.15) is 11.3 Å². The molecule has 0 aliphatic carbocycles. The number of ether oxygens (including phenoxy) is 1. The molecule has 1 heterocycles. The Labute approximate surface area is 147 Å². The first-order valence-corrected chi connectivity index (χ1v) is 8.62. The summed E-state index contributed by atoms with van der Waals surface area (Å²) in [4.78, 5) is 11.9. The van der Waals surface area contributed by atoms with Crippen molar-refractivity contribution in [2.75, 3.05) is 6.61 Å². The van der Waals surface area contributed by atoms with Crippen LogP contribution in [0.3, 0.4) is 0 Å². The van der Waals surface area contributed by atoms with Crippen molar-refractivity contribution < 1.29 is 13.9 Å². The minimum Gasteiger partial charge on any atom is -0.463 e. The minimum absolute atomic E-state index is 0.325. The van der Waals surface area contributed by atoms with E-state index < -0.39 is 0 Å². The van der Waals surface area contributed by atoms with Crippen molar-refractivity contribution >= 4 is 23.0 Å². The second-order valence-electron chi connectivity index (χ2n) is 6.06. The summed E-state index contributed by atoms with van der Waals surface area (Å²) >= 11 is 0. The van der Waals surface area contributed by atoms with E-state index >= 15 is 0 Å². The number of furan rings is 1. The van der Waals surface area contributed by atoms with Gasteiger partial charge in [0, 0.05) is 22.6 Å². The third-order valence-electron chi connectivity index (χ3n) is 4.08. The SMILES string of the molecule is CCCCOC(=O)/C=C/c1c(-c2ccc(C)cc2)oc2ccccc12. The summed E-state index contributed by atoms with van der Waals surface area (Å²) in [5.74, 6) is 0.437. The monoisotopic (exact) mass is 334 g/mol. The van der Waals surface area contributed by atoms with Crippen LogP contribution in [-0.4, -0.2) is 12.6 Å². The van der Waals surface area contributed by atoms with E-state index in [9.17, 15) is 4.79 Å². The standard InChI is InChI=1S/C22H22O3/c1-3-4-15-24-21(23)14-13-19-18-7-5-6-8-20(18)25-22(19)17-11-9-16(2)10-12-17/h5-14H,3-4,15H2,1-2H3/b14-13+. The highest BCUT2D eigenvalue weighted by Crippen LogP contribution is 2.34. The Morgan fingerprint density at radius 2 is 1.88 bits per heavy atom. The largest absolute Gasteiger partial charge is 0.463 e. The Morgan fingerprint density at radius 1 is 1.12 bits per heavy atom. The zero-order chi connectivity index (χ0) is 17.6. The smallest absolute Gasteiger partial charge is 0.330 e. The molecule has 0 N–H and O–H groups in total. The van der Waals surface area contributed by atoms with E-state index in [0.717, 1.165) is 40.7 Å². The van der Waals surface area contributed by atoms with Crippen LogP contribution in [0.2, 0.25) is 0 Å². The number of aryl methyl sites for hydroxylation is 1. The lowest BCUT2D eigenvalue weighted by Crippen LogP contribution is -2.01. The highest BCUT2D eigenvalue weighted by molar-refractivity contribution is 5.98. The van der Waals surface area contributed by atoms with Crippen LogP contribution < -0.4 is 0 Å². The molecule has 0 bridgehead atoms. The lowest BCUT2D eigenvalue weighted by atomic mass is 10.0. The van der Waals surface area contributed by atoms with Gasteiger partial charge in [-0.25, -0.2) is 4.79 Å². The van der Waals surface area contributed by atoms with Gasteiger partial charge in [0.15, 0.2) is 0 Å². The molecule has 0 saturated carbocycles. The van der Waals surface area contributed by atoms with Gasteiger partial charge in [-0.2, -0.15) is 0 Å². The Morgan fingerprint density at radius 3 is 2.64 bits per heavy atom. The lowest BCUT2D eigenvalue weighted by molar-refractivity contribution is -0.137. The maximum Gasteiger partial charge on any atom is 0.330 e. The summed E-state index contributed by atoms with van der Waals surface area (Å²) in [6, 6.07) is 16.0. The van der Waals surface area contributed by atoms with E-state index in [1.54, 1.807) is 6.08 Å². The molecule has 2 aromatic carbocycles. The number of carbonyl (C=O) groups is 1. The second-order valence-corrected chi connectivity index (χ2v) is 6.06. The minimum atomic E-state index is -0.325. The molecule has 128 valence electrons. The molecule has 0 amide bonds. The Bertz CT molecular complexity index is 885.